The average molecular weight is 425 g/mol. The monoisotopic (exact) mass is 424 g/mol. The van der Waals surface area contributed by atoms with Crippen LogP contribution in [0.15, 0.2) is 66.7 Å². The van der Waals surface area contributed by atoms with E-state index in [2.05, 4.69) is 36.4 Å². The SMILES string of the molecule is CCOc1ccc(C[NH+](CCc2ccc3c(c2)OCO3)Cc2cccc(Cl)c2)cc1. The molecule has 30 heavy (non-hydrogen) atoms. The summed E-state index contributed by atoms with van der Waals surface area (Å²) in [5, 5.41) is 0.781. The number of fused-ring (bicyclic) bond motifs is 1. The van der Waals surface area contributed by atoms with Crippen molar-refractivity contribution in [3.63, 3.8) is 0 Å². The van der Waals surface area contributed by atoms with Crippen molar-refractivity contribution in [3.8, 4) is 17.2 Å². The van der Waals surface area contributed by atoms with Gasteiger partial charge in [0.15, 0.2) is 11.5 Å². The van der Waals surface area contributed by atoms with Gasteiger partial charge in [0.2, 0.25) is 6.79 Å². The molecule has 1 aliphatic rings. The number of ether oxygens (including phenoxy) is 3. The molecule has 0 saturated carbocycles. The fourth-order valence-electron chi connectivity index (χ4n) is 3.75. The molecule has 5 heteroatoms. The Morgan fingerprint density at radius 1 is 0.867 bits per heavy atom. The number of benzene rings is 3. The normalized spacial score (nSPS) is 13.3. The fraction of sp³-hybridized carbons (Fsp3) is 0.280. The Labute approximate surface area is 182 Å². The summed E-state index contributed by atoms with van der Waals surface area (Å²) >= 11 is 6.21. The van der Waals surface area contributed by atoms with E-state index in [4.69, 9.17) is 25.8 Å². The Morgan fingerprint density at radius 2 is 1.63 bits per heavy atom. The Balaban J connectivity index is 1.46. The van der Waals surface area contributed by atoms with Crippen LogP contribution in [-0.2, 0) is 19.5 Å². The highest BCUT2D eigenvalue weighted by Crippen LogP contribution is 2.32. The Bertz CT molecular complexity index is 974. The largest absolute Gasteiger partial charge is 0.494 e. The molecule has 0 radical (unpaired) electrons. The van der Waals surface area contributed by atoms with Gasteiger partial charge in [0.1, 0.15) is 18.8 Å². The maximum Gasteiger partial charge on any atom is 0.231 e. The van der Waals surface area contributed by atoms with Gasteiger partial charge in [0.25, 0.3) is 0 Å². The van der Waals surface area contributed by atoms with Crippen LogP contribution >= 0.6 is 11.6 Å². The second-order valence-corrected chi connectivity index (χ2v) is 7.93. The molecular formula is C25H27ClNO3+. The van der Waals surface area contributed by atoms with Crippen molar-refractivity contribution in [2.75, 3.05) is 19.9 Å². The van der Waals surface area contributed by atoms with E-state index in [1.807, 2.05) is 37.3 Å². The first-order valence-corrected chi connectivity index (χ1v) is 10.8. The molecule has 1 aliphatic heterocycles. The Morgan fingerprint density at radius 3 is 2.43 bits per heavy atom. The lowest BCUT2D eigenvalue weighted by Gasteiger charge is -2.20. The van der Waals surface area contributed by atoms with Crippen molar-refractivity contribution in [3.05, 3.63) is 88.4 Å². The van der Waals surface area contributed by atoms with Crippen LogP contribution in [0.4, 0.5) is 0 Å². The molecule has 0 aromatic heterocycles. The molecule has 1 heterocycles. The Hall–Kier alpha value is -2.69. The minimum Gasteiger partial charge on any atom is -0.494 e. The zero-order chi connectivity index (χ0) is 20.8. The van der Waals surface area contributed by atoms with Crippen LogP contribution < -0.4 is 19.1 Å². The number of nitrogens with one attached hydrogen (secondary N) is 1. The van der Waals surface area contributed by atoms with Gasteiger partial charge < -0.3 is 19.1 Å². The van der Waals surface area contributed by atoms with E-state index in [1.54, 1.807) is 0 Å². The van der Waals surface area contributed by atoms with E-state index in [0.717, 1.165) is 48.3 Å². The molecule has 0 spiro atoms. The lowest BCUT2D eigenvalue weighted by molar-refractivity contribution is -0.927. The van der Waals surface area contributed by atoms with Crippen LogP contribution in [0.3, 0.4) is 0 Å². The van der Waals surface area contributed by atoms with E-state index >= 15 is 0 Å². The summed E-state index contributed by atoms with van der Waals surface area (Å²) in [5.74, 6) is 2.59. The van der Waals surface area contributed by atoms with Crippen molar-refractivity contribution in [2.24, 2.45) is 0 Å². The first-order valence-electron chi connectivity index (χ1n) is 10.4. The molecule has 0 amide bonds. The van der Waals surface area contributed by atoms with Gasteiger partial charge >= 0.3 is 0 Å². The van der Waals surface area contributed by atoms with E-state index in [-0.39, 0.29) is 0 Å². The third-order valence-electron chi connectivity index (χ3n) is 5.24. The fourth-order valence-corrected chi connectivity index (χ4v) is 3.96. The predicted molar refractivity (Wildman–Crippen MR) is 119 cm³/mol. The van der Waals surface area contributed by atoms with Gasteiger partial charge in [-0.25, -0.2) is 0 Å². The van der Waals surface area contributed by atoms with E-state index in [1.165, 1.54) is 21.6 Å². The van der Waals surface area contributed by atoms with Crippen molar-refractivity contribution in [1.82, 2.24) is 0 Å². The summed E-state index contributed by atoms with van der Waals surface area (Å²) in [6.07, 6.45) is 0.962. The second kappa shape index (κ2) is 9.88. The molecule has 4 rings (SSSR count). The van der Waals surface area contributed by atoms with Gasteiger partial charge in [-0.05, 0) is 61.0 Å². The zero-order valence-corrected chi connectivity index (χ0v) is 18.0. The smallest absolute Gasteiger partial charge is 0.231 e. The first kappa shape index (κ1) is 20.6. The number of quaternary nitrogens is 1. The standard InChI is InChI=1S/C25H26ClNO3/c1-2-28-23-9-6-20(7-10-23)16-27(17-21-4-3-5-22(26)14-21)13-12-19-8-11-24-25(15-19)30-18-29-24/h3-11,14-15H,2,12-13,16-18H2,1H3/p+1. The summed E-state index contributed by atoms with van der Waals surface area (Å²) in [7, 11) is 0. The van der Waals surface area contributed by atoms with Crippen molar-refractivity contribution in [1.29, 1.82) is 0 Å². The van der Waals surface area contributed by atoms with Crippen LogP contribution in [0.25, 0.3) is 0 Å². The molecule has 3 aromatic carbocycles. The molecule has 0 bridgehead atoms. The minimum atomic E-state index is 0.308. The average Bonchev–Trinajstić information content (AvgIpc) is 3.21. The highest BCUT2D eigenvalue weighted by Gasteiger charge is 2.16. The maximum atomic E-state index is 6.21. The van der Waals surface area contributed by atoms with Gasteiger partial charge in [0.05, 0.1) is 13.2 Å². The number of hydrogen-bond acceptors (Lipinski definition) is 3. The third-order valence-corrected chi connectivity index (χ3v) is 5.47. The lowest BCUT2D eigenvalue weighted by atomic mass is 10.1. The minimum absolute atomic E-state index is 0.308. The van der Waals surface area contributed by atoms with Crippen LogP contribution in [0.5, 0.6) is 17.2 Å². The van der Waals surface area contributed by atoms with E-state index in [0.29, 0.717) is 13.4 Å². The maximum absolute atomic E-state index is 6.21. The van der Waals surface area contributed by atoms with Gasteiger partial charge in [-0.2, -0.15) is 0 Å². The summed E-state index contributed by atoms with van der Waals surface area (Å²) in [4.78, 5) is 1.47. The van der Waals surface area contributed by atoms with Crippen LogP contribution in [0, 0.1) is 0 Å². The predicted octanol–water partition coefficient (Wildman–Crippen LogP) is 4.30. The molecule has 156 valence electrons. The summed E-state index contributed by atoms with van der Waals surface area (Å²) in [5.41, 5.74) is 3.80. The van der Waals surface area contributed by atoms with Crippen molar-refractivity contribution >= 4 is 11.6 Å². The molecule has 3 aromatic rings. The lowest BCUT2D eigenvalue weighted by Crippen LogP contribution is -3.09. The van der Waals surface area contributed by atoms with E-state index < -0.39 is 0 Å². The summed E-state index contributed by atoms with van der Waals surface area (Å²) < 4.78 is 16.5. The van der Waals surface area contributed by atoms with Crippen LogP contribution in [0.1, 0.15) is 23.6 Å². The molecule has 0 fully saturated rings. The second-order valence-electron chi connectivity index (χ2n) is 7.50. The van der Waals surface area contributed by atoms with Crippen molar-refractivity contribution < 1.29 is 19.1 Å². The van der Waals surface area contributed by atoms with Gasteiger partial charge in [0, 0.05) is 22.6 Å². The molecule has 1 N–H and O–H groups in total. The molecule has 4 nitrogen and oxygen atoms in total. The molecule has 1 unspecified atom stereocenters. The van der Waals surface area contributed by atoms with Gasteiger partial charge in [-0.3, -0.25) is 0 Å². The molecule has 0 saturated heterocycles. The van der Waals surface area contributed by atoms with Crippen molar-refractivity contribution in [2.45, 2.75) is 26.4 Å². The summed E-state index contributed by atoms with van der Waals surface area (Å²) in [6.45, 7) is 5.84. The Kier molecular flexibility index (Phi) is 6.77. The molecule has 1 atom stereocenters. The zero-order valence-electron chi connectivity index (χ0n) is 17.2. The van der Waals surface area contributed by atoms with Crippen LogP contribution in [0.2, 0.25) is 5.02 Å². The molecular weight excluding hydrogens is 398 g/mol. The number of hydrogen-bond donors (Lipinski definition) is 1. The van der Waals surface area contributed by atoms with Gasteiger partial charge in [-0.15, -0.1) is 0 Å². The molecule has 0 aliphatic carbocycles. The highest BCUT2D eigenvalue weighted by molar-refractivity contribution is 6.30. The van der Waals surface area contributed by atoms with Gasteiger partial charge in [-0.1, -0.05) is 29.8 Å². The highest BCUT2D eigenvalue weighted by atomic mass is 35.5. The first-order chi connectivity index (χ1) is 14.7. The number of rotatable bonds is 9. The third kappa shape index (κ3) is 5.47. The van der Waals surface area contributed by atoms with Crippen LogP contribution in [-0.4, -0.2) is 19.9 Å². The van der Waals surface area contributed by atoms with E-state index in [9.17, 15) is 0 Å². The topological polar surface area (TPSA) is 32.1 Å². The summed E-state index contributed by atoms with van der Waals surface area (Å²) in [6, 6.07) is 22.8. The quantitative estimate of drug-likeness (QED) is 0.556. The number of halogens is 1.